The molecule has 0 spiro atoms. The molecule has 156 valence electrons. The van der Waals surface area contributed by atoms with Crippen molar-refractivity contribution in [1.29, 1.82) is 0 Å². The Kier molecular flexibility index (Phi) is 5.83. The molecule has 1 aromatic carbocycles. The van der Waals surface area contributed by atoms with Crippen LogP contribution in [0.25, 0.3) is 11.6 Å². The van der Waals surface area contributed by atoms with Crippen LogP contribution in [0.5, 0.6) is 5.75 Å². The zero-order chi connectivity index (χ0) is 22.0. The van der Waals surface area contributed by atoms with Crippen molar-refractivity contribution in [3.63, 3.8) is 0 Å². The van der Waals surface area contributed by atoms with Crippen LogP contribution in [0.1, 0.15) is 33.6 Å². The van der Waals surface area contributed by atoms with Gasteiger partial charge in [-0.05, 0) is 35.8 Å². The summed E-state index contributed by atoms with van der Waals surface area (Å²) in [5, 5.41) is 21.9. The molecule has 2 aromatic heterocycles. The lowest BCUT2D eigenvalue weighted by Crippen LogP contribution is -2.36. The fourth-order valence-electron chi connectivity index (χ4n) is 3.51. The lowest BCUT2D eigenvalue weighted by Gasteiger charge is -2.28. The molecule has 0 bridgehead atoms. The number of Topliss-reactive ketones (excluding diaryl/α,β-unsaturated/α-hetero) is 1. The molecule has 0 unspecified atom stereocenters. The predicted octanol–water partition coefficient (Wildman–Crippen LogP) is 2.80. The van der Waals surface area contributed by atoms with Gasteiger partial charge < -0.3 is 20.5 Å². The molecule has 0 fully saturated rings. The molecule has 0 radical (unpaired) electrons. The van der Waals surface area contributed by atoms with E-state index >= 15 is 0 Å². The highest BCUT2D eigenvalue weighted by atomic mass is 32.1. The van der Waals surface area contributed by atoms with Gasteiger partial charge in [0.1, 0.15) is 5.75 Å². The molecule has 1 atom stereocenters. The minimum absolute atomic E-state index is 0.0125. The summed E-state index contributed by atoms with van der Waals surface area (Å²) in [6.45, 7) is 0. The fourth-order valence-corrected chi connectivity index (χ4v) is 4.07. The van der Waals surface area contributed by atoms with Gasteiger partial charge in [-0.25, -0.2) is 9.78 Å². The first-order valence-electron chi connectivity index (χ1n) is 9.48. The Labute approximate surface area is 182 Å². The maximum atomic E-state index is 13.2. The molecule has 31 heavy (non-hydrogen) atoms. The Morgan fingerprint density at radius 3 is 2.84 bits per heavy atom. The lowest BCUT2D eigenvalue weighted by atomic mass is 9.64. The van der Waals surface area contributed by atoms with E-state index in [1.54, 1.807) is 42.0 Å². The summed E-state index contributed by atoms with van der Waals surface area (Å²) in [5.41, 5.74) is 7.92. The van der Waals surface area contributed by atoms with Crippen LogP contribution in [0.3, 0.4) is 0 Å². The van der Waals surface area contributed by atoms with Gasteiger partial charge in [-0.2, -0.15) is 0 Å². The highest BCUT2D eigenvalue weighted by molar-refractivity contribution is 7.13. The van der Waals surface area contributed by atoms with Gasteiger partial charge in [-0.1, -0.05) is 18.2 Å². The molecule has 0 amide bonds. The standard InChI is InChI=1S/C21H18BN3O5S/c23-21-25-17(11-31-21)16(7-12-3-2-6-24-10-12)18(26)9-14-8-13-4-1-5-15(20(27)28)19(13)30-22(14)29/h1-7,10-11,14,29H,8-9H2,(H2,23,25)(H,27,28)/b16-7+/t14-/m1/s1. The number of para-hydroxylation sites is 1. The zero-order valence-corrected chi connectivity index (χ0v) is 17.1. The van der Waals surface area contributed by atoms with E-state index in [4.69, 9.17) is 10.4 Å². The fraction of sp³-hybridized carbons (Fsp3) is 0.143. The second-order valence-corrected chi connectivity index (χ2v) is 8.00. The van der Waals surface area contributed by atoms with Crippen molar-refractivity contribution in [2.45, 2.75) is 18.7 Å². The molecule has 1 aliphatic rings. The molecule has 10 heteroatoms. The molecule has 4 rings (SSSR count). The number of nitrogen functional groups attached to an aromatic ring is 1. The highest BCUT2D eigenvalue weighted by Gasteiger charge is 2.38. The summed E-state index contributed by atoms with van der Waals surface area (Å²) >= 11 is 1.23. The van der Waals surface area contributed by atoms with Crippen molar-refractivity contribution < 1.29 is 24.4 Å². The first-order valence-corrected chi connectivity index (χ1v) is 10.4. The van der Waals surface area contributed by atoms with E-state index in [2.05, 4.69) is 9.97 Å². The predicted molar refractivity (Wildman–Crippen MR) is 118 cm³/mol. The van der Waals surface area contributed by atoms with E-state index in [1.165, 1.54) is 17.4 Å². The van der Waals surface area contributed by atoms with Crippen LogP contribution in [0.15, 0.2) is 48.1 Å². The van der Waals surface area contributed by atoms with Crippen molar-refractivity contribution in [2.75, 3.05) is 5.73 Å². The normalized spacial score (nSPS) is 15.8. The van der Waals surface area contributed by atoms with Crippen LogP contribution in [0.4, 0.5) is 5.13 Å². The molecule has 3 aromatic rings. The van der Waals surface area contributed by atoms with Crippen molar-refractivity contribution in [3.8, 4) is 5.75 Å². The van der Waals surface area contributed by atoms with Gasteiger partial charge in [-0.3, -0.25) is 9.78 Å². The number of anilines is 1. The van der Waals surface area contributed by atoms with Gasteiger partial charge in [0, 0.05) is 35.6 Å². The minimum atomic E-state index is -1.31. The van der Waals surface area contributed by atoms with Crippen LogP contribution in [0, 0.1) is 0 Å². The third-order valence-electron chi connectivity index (χ3n) is 4.99. The maximum absolute atomic E-state index is 13.2. The van der Waals surface area contributed by atoms with Crippen LogP contribution in [0.2, 0.25) is 5.82 Å². The summed E-state index contributed by atoms with van der Waals surface area (Å²) in [4.78, 5) is 32.9. The SMILES string of the molecule is Nc1nc(/C(=C\c2cccnc2)C(=O)C[C@H]2Cc3cccc(C(=O)O)c3OB2O)cs1. The topological polar surface area (TPSA) is 136 Å². The third-order valence-corrected chi connectivity index (χ3v) is 5.67. The quantitative estimate of drug-likeness (QED) is 0.397. The molecule has 3 heterocycles. The van der Waals surface area contributed by atoms with Gasteiger partial charge in [-0.15, -0.1) is 11.3 Å². The Morgan fingerprint density at radius 2 is 2.16 bits per heavy atom. The number of nitrogens with zero attached hydrogens (tertiary/aromatic N) is 2. The number of carbonyl (C=O) groups is 2. The van der Waals surface area contributed by atoms with E-state index in [0.29, 0.717) is 28.4 Å². The molecular weight excluding hydrogens is 417 g/mol. The maximum Gasteiger partial charge on any atom is 0.526 e. The number of hydrogen-bond donors (Lipinski definition) is 3. The van der Waals surface area contributed by atoms with Crippen LogP contribution >= 0.6 is 11.3 Å². The van der Waals surface area contributed by atoms with E-state index < -0.39 is 18.9 Å². The number of nitrogens with two attached hydrogens (primary N) is 1. The van der Waals surface area contributed by atoms with Crippen LogP contribution < -0.4 is 10.4 Å². The van der Waals surface area contributed by atoms with Gasteiger partial charge in [0.15, 0.2) is 10.9 Å². The number of aromatic nitrogens is 2. The molecular formula is C21H18BN3O5S. The van der Waals surface area contributed by atoms with Crippen molar-refractivity contribution in [1.82, 2.24) is 9.97 Å². The number of ketones is 1. The number of benzene rings is 1. The van der Waals surface area contributed by atoms with Crippen molar-refractivity contribution in [2.24, 2.45) is 0 Å². The minimum Gasteiger partial charge on any atom is -0.535 e. The number of pyridine rings is 1. The first-order chi connectivity index (χ1) is 14.9. The van der Waals surface area contributed by atoms with Gasteiger partial charge in [0.2, 0.25) is 0 Å². The number of aromatic carboxylic acids is 1. The number of carboxylic acid groups (broad SMARTS) is 1. The number of carbonyl (C=O) groups excluding carboxylic acids is 1. The Morgan fingerprint density at radius 1 is 1.32 bits per heavy atom. The average Bonchev–Trinajstić information content (AvgIpc) is 3.18. The Bertz CT molecular complexity index is 1160. The molecule has 1 aliphatic heterocycles. The number of carboxylic acids is 1. The number of allylic oxidation sites excluding steroid dienone is 1. The number of hydrogen-bond acceptors (Lipinski definition) is 8. The van der Waals surface area contributed by atoms with Crippen LogP contribution in [-0.2, 0) is 11.2 Å². The Balaban J connectivity index is 1.61. The molecule has 8 nitrogen and oxygen atoms in total. The Hall–Kier alpha value is -3.50. The van der Waals surface area contributed by atoms with Crippen molar-refractivity contribution in [3.05, 3.63) is 70.5 Å². The van der Waals surface area contributed by atoms with E-state index in [-0.39, 0.29) is 23.5 Å². The average molecular weight is 435 g/mol. The molecule has 0 aliphatic carbocycles. The molecule has 4 N–H and O–H groups in total. The second-order valence-electron chi connectivity index (χ2n) is 7.11. The third kappa shape index (κ3) is 4.49. The molecule has 0 saturated heterocycles. The van der Waals surface area contributed by atoms with Gasteiger partial charge in [0.05, 0.1) is 11.3 Å². The van der Waals surface area contributed by atoms with Gasteiger partial charge in [0.25, 0.3) is 0 Å². The van der Waals surface area contributed by atoms with E-state index in [9.17, 15) is 19.7 Å². The summed E-state index contributed by atoms with van der Waals surface area (Å²) in [6, 6.07) is 8.35. The summed E-state index contributed by atoms with van der Waals surface area (Å²) in [7, 11) is -1.31. The number of rotatable bonds is 6. The summed E-state index contributed by atoms with van der Waals surface area (Å²) in [6.07, 6.45) is 5.25. The zero-order valence-electron chi connectivity index (χ0n) is 16.3. The van der Waals surface area contributed by atoms with Crippen molar-refractivity contribution >= 4 is 47.0 Å². The summed E-state index contributed by atoms with van der Waals surface area (Å²) < 4.78 is 5.51. The second kappa shape index (κ2) is 8.70. The number of thiazole rings is 1. The van der Waals surface area contributed by atoms with Crippen LogP contribution in [-0.4, -0.2) is 39.0 Å². The van der Waals surface area contributed by atoms with E-state index in [1.807, 2.05) is 6.07 Å². The smallest absolute Gasteiger partial charge is 0.526 e. The van der Waals surface area contributed by atoms with E-state index in [0.717, 1.165) is 5.56 Å². The highest BCUT2D eigenvalue weighted by Crippen LogP contribution is 2.37. The first kappa shape index (κ1) is 20.8. The van der Waals surface area contributed by atoms with Gasteiger partial charge >= 0.3 is 13.1 Å². The molecule has 0 saturated carbocycles. The summed E-state index contributed by atoms with van der Waals surface area (Å²) in [5.74, 6) is -1.78. The number of fused-ring (bicyclic) bond motifs is 1. The largest absolute Gasteiger partial charge is 0.535 e. The monoisotopic (exact) mass is 435 g/mol. The lowest BCUT2D eigenvalue weighted by molar-refractivity contribution is -0.113.